The van der Waals surface area contributed by atoms with Crippen LogP contribution in [0.4, 0.5) is 0 Å². The summed E-state index contributed by atoms with van der Waals surface area (Å²) >= 11 is 0. The van der Waals surface area contributed by atoms with Crippen molar-refractivity contribution >= 4 is 0 Å². The van der Waals surface area contributed by atoms with Crippen LogP contribution >= 0.6 is 0 Å². The Kier molecular flexibility index (Phi) is 6.41. The van der Waals surface area contributed by atoms with Crippen LogP contribution in [-0.4, -0.2) is 24.0 Å². The summed E-state index contributed by atoms with van der Waals surface area (Å²) in [6, 6.07) is 0.784. The van der Waals surface area contributed by atoms with Gasteiger partial charge in [-0.15, -0.1) is 0 Å². The summed E-state index contributed by atoms with van der Waals surface area (Å²) in [4.78, 5) is 2.74. The van der Waals surface area contributed by atoms with Crippen LogP contribution in [0, 0.1) is 11.8 Å². The minimum atomic E-state index is 0.784. The smallest absolute Gasteiger partial charge is 0.00926 e. The molecule has 1 aliphatic rings. The first-order chi connectivity index (χ1) is 7.65. The van der Waals surface area contributed by atoms with Gasteiger partial charge in [-0.2, -0.15) is 0 Å². The molecule has 0 bridgehead atoms. The lowest BCUT2D eigenvalue weighted by Crippen LogP contribution is -2.38. The predicted molar refractivity (Wildman–Crippen MR) is 72.7 cm³/mol. The third-order valence-electron chi connectivity index (χ3n) is 4.51. The number of likely N-dealkylation sites (tertiary alicyclic amines) is 1. The highest BCUT2D eigenvalue weighted by atomic mass is 15.1. The van der Waals surface area contributed by atoms with Crippen molar-refractivity contribution in [3.05, 3.63) is 0 Å². The third-order valence-corrected chi connectivity index (χ3v) is 4.51. The van der Waals surface area contributed by atoms with Crippen molar-refractivity contribution in [2.45, 2.75) is 72.3 Å². The molecule has 1 heteroatoms. The van der Waals surface area contributed by atoms with Gasteiger partial charge in [0.25, 0.3) is 0 Å². The molecule has 1 heterocycles. The second kappa shape index (κ2) is 7.32. The molecule has 3 unspecified atom stereocenters. The molecule has 3 atom stereocenters. The van der Waals surface area contributed by atoms with Gasteiger partial charge in [0.05, 0.1) is 0 Å². The minimum absolute atomic E-state index is 0.784. The molecule has 1 saturated heterocycles. The van der Waals surface area contributed by atoms with Crippen molar-refractivity contribution in [2.24, 2.45) is 11.8 Å². The van der Waals surface area contributed by atoms with Crippen molar-refractivity contribution < 1.29 is 0 Å². The Morgan fingerprint density at radius 2 is 1.50 bits per heavy atom. The lowest BCUT2D eigenvalue weighted by molar-refractivity contribution is 0.152. The lowest BCUT2D eigenvalue weighted by atomic mass is 9.90. The topological polar surface area (TPSA) is 3.24 Å². The summed E-state index contributed by atoms with van der Waals surface area (Å²) in [5, 5.41) is 0. The van der Waals surface area contributed by atoms with Crippen LogP contribution < -0.4 is 0 Å². The van der Waals surface area contributed by atoms with E-state index in [0.717, 1.165) is 17.9 Å². The molecule has 0 aromatic carbocycles. The fraction of sp³-hybridized carbons (Fsp3) is 1.00. The molecule has 0 N–H and O–H groups in total. The maximum atomic E-state index is 2.74. The van der Waals surface area contributed by atoms with E-state index in [1.54, 1.807) is 0 Å². The van der Waals surface area contributed by atoms with Crippen LogP contribution in [0.25, 0.3) is 0 Å². The van der Waals surface area contributed by atoms with Gasteiger partial charge in [0.1, 0.15) is 0 Å². The molecule has 1 aliphatic heterocycles. The molecule has 0 aromatic heterocycles. The second-order valence-electron chi connectivity index (χ2n) is 5.92. The summed E-state index contributed by atoms with van der Waals surface area (Å²) in [6.45, 7) is 12.3. The van der Waals surface area contributed by atoms with Crippen molar-refractivity contribution in [2.75, 3.05) is 13.1 Å². The van der Waals surface area contributed by atoms with Crippen molar-refractivity contribution in [1.29, 1.82) is 0 Å². The molecule has 0 aliphatic carbocycles. The van der Waals surface area contributed by atoms with E-state index in [2.05, 4.69) is 32.6 Å². The largest absolute Gasteiger partial charge is 0.300 e. The highest BCUT2D eigenvalue weighted by Gasteiger charge is 2.21. The van der Waals surface area contributed by atoms with Crippen LogP contribution in [0.1, 0.15) is 66.2 Å². The van der Waals surface area contributed by atoms with Gasteiger partial charge in [0.2, 0.25) is 0 Å². The van der Waals surface area contributed by atoms with E-state index in [9.17, 15) is 0 Å². The highest BCUT2D eigenvalue weighted by Crippen LogP contribution is 2.23. The van der Waals surface area contributed by atoms with E-state index >= 15 is 0 Å². The fourth-order valence-electron chi connectivity index (χ4n) is 2.86. The maximum Gasteiger partial charge on any atom is 0.00926 e. The van der Waals surface area contributed by atoms with Gasteiger partial charge in [-0.05, 0) is 51.1 Å². The van der Waals surface area contributed by atoms with Gasteiger partial charge >= 0.3 is 0 Å². The zero-order chi connectivity index (χ0) is 12.0. The summed E-state index contributed by atoms with van der Waals surface area (Å²) in [7, 11) is 0. The predicted octanol–water partition coefficient (Wildman–Crippen LogP) is 4.32. The average molecular weight is 225 g/mol. The third kappa shape index (κ3) is 4.45. The van der Waals surface area contributed by atoms with Gasteiger partial charge in [0.15, 0.2) is 0 Å². The Bertz CT molecular complexity index is 170. The summed E-state index contributed by atoms with van der Waals surface area (Å²) < 4.78 is 0. The lowest BCUT2D eigenvalue weighted by Gasteiger charge is -2.33. The van der Waals surface area contributed by atoms with E-state index in [1.807, 2.05) is 0 Å². The van der Waals surface area contributed by atoms with Crippen molar-refractivity contribution in [1.82, 2.24) is 4.90 Å². The van der Waals surface area contributed by atoms with Gasteiger partial charge in [-0.1, -0.05) is 40.0 Å². The molecule has 0 radical (unpaired) electrons. The number of hydrogen-bond donors (Lipinski definition) is 0. The number of rotatable bonds is 5. The van der Waals surface area contributed by atoms with E-state index in [1.165, 1.54) is 51.6 Å². The van der Waals surface area contributed by atoms with Crippen molar-refractivity contribution in [3.8, 4) is 0 Å². The molecule has 1 nitrogen and oxygen atoms in total. The Morgan fingerprint density at radius 1 is 0.938 bits per heavy atom. The first kappa shape index (κ1) is 14.0. The summed E-state index contributed by atoms with van der Waals surface area (Å²) in [6.07, 6.45) is 8.46. The van der Waals surface area contributed by atoms with E-state index in [4.69, 9.17) is 0 Å². The van der Waals surface area contributed by atoms with Crippen LogP contribution in [0.15, 0.2) is 0 Å². The minimum Gasteiger partial charge on any atom is -0.300 e. The van der Waals surface area contributed by atoms with Crippen LogP contribution in [0.2, 0.25) is 0 Å². The molecule has 0 aromatic rings. The molecule has 96 valence electrons. The molecule has 1 fully saturated rings. The molecule has 0 saturated carbocycles. The summed E-state index contributed by atoms with van der Waals surface area (Å²) in [5.41, 5.74) is 0. The monoisotopic (exact) mass is 225 g/mol. The van der Waals surface area contributed by atoms with Gasteiger partial charge in [0, 0.05) is 6.04 Å². The van der Waals surface area contributed by atoms with Gasteiger partial charge < -0.3 is 4.90 Å². The Balaban J connectivity index is 2.38. The van der Waals surface area contributed by atoms with E-state index < -0.39 is 0 Å². The fourth-order valence-corrected chi connectivity index (χ4v) is 2.86. The van der Waals surface area contributed by atoms with Gasteiger partial charge in [-0.25, -0.2) is 0 Å². The summed E-state index contributed by atoms with van der Waals surface area (Å²) in [5.74, 6) is 1.75. The normalized spacial score (nSPS) is 24.8. The molecular weight excluding hydrogens is 194 g/mol. The van der Waals surface area contributed by atoms with E-state index in [-0.39, 0.29) is 0 Å². The molecule has 16 heavy (non-hydrogen) atoms. The number of nitrogens with zero attached hydrogens (tertiary/aromatic N) is 1. The zero-order valence-corrected chi connectivity index (χ0v) is 11.8. The maximum absolute atomic E-state index is 2.74. The molecule has 0 amide bonds. The average Bonchev–Trinajstić information content (AvgIpc) is 2.56. The van der Waals surface area contributed by atoms with E-state index in [0.29, 0.717) is 0 Å². The second-order valence-corrected chi connectivity index (χ2v) is 5.92. The molecule has 0 spiro atoms. The standard InChI is InChI=1S/C15H31N/c1-5-13(2)12-14(3)15(4)16-10-8-6-7-9-11-16/h13-15H,5-12H2,1-4H3. The zero-order valence-electron chi connectivity index (χ0n) is 11.8. The first-order valence-electron chi connectivity index (χ1n) is 7.39. The molecular formula is C15H31N. The first-order valence-corrected chi connectivity index (χ1v) is 7.39. The number of hydrogen-bond acceptors (Lipinski definition) is 1. The SMILES string of the molecule is CCC(C)CC(C)C(C)N1CCCCCC1. The van der Waals surface area contributed by atoms with Crippen molar-refractivity contribution in [3.63, 3.8) is 0 Å². The van der Waals surface area contributed by atoms with Gasteiger partial charge in [-0.3, -0.25) is 0 Å². The van der Waals surface area contributed by atoms with Crippen LogP contribution in [0.5, 0.6) is 0 Å². The quantitative estimate of drug-likeness (QED) is 0.673. The molecule has 1 rings (SSSR count). The Labute approximate surface area is 103 Å². The Morgan fingerprint density at radius 3 is 2.00 bits per heavy atom. The van der Waals surface area contributed by atoms with Crippen LogP contribution in [-0.2, 0) is 0 Å². The van der Waals surface area contributed by atoms with Crippen LogP contribution in [0.3, 0.4) is 0 Å². The highest BCUT2D eigenvalue weighted by molar-refractivity contribution is 4.76. The Hall–Kier alpha value is -0.0400.